The quantitative estimate of drug-likeness (QED) is 0.331. The highest BCUT2D eigenvalue weighted by molar-refractivity contribution is 6.61. The molecule has 0 saturated carbocycles. The topological polar surface area (TPSA) is 75.7 Å². The van der Waals surface area contributed by atoms with Crippen molar-refractivity contribution < 1.29 is 31.4 Å². The van der Waals surface area contributed by atoms with Crippen LogP contribution in [-0.4, -0.2) is 84.7 Å². The highest BCUT2D eigenvalue weighted by Gasteiger charge is 2.38. The van der Waals surface area contributed by atoms with E-state index in [9.17, 15) is 4.79 Å². The number of hydrogen-bond donors (Lipinski definition) is 0. The van der Waals surface area contributed by atoms with Gasteiger partial charge < -0.3 is 31.5 Å². The fourth-order valence-electron chi connectivity index (χ4n) is 2.38. The maximum Gasteiger partial charge on any atom is 0.500 e. The number of nitrogens with zero attached hydrogens (tertiary/aromatic N) is 1. The molecule has 0 aliphatic carbocycles. The minimum atomic E-state index is -2.70. The Labute approximate surface area is 148 Å². The van der Waals surface area contributed by atoms with Crippen LogP contribution in [0, 0.1) is 0 Å². The lowest BCUT2D eigenvalue weighted by atomic mass is 10.3. The Balaban J connectivity index is 4.20. The van der Waals surface area contributed by atoms with Crippen molar-refractivity contribution in [2.24, 2.45) is 0 Å². The van der Waals surface area contributed by atoms with E-state index in [1.165, 1.54) is 0 Å². The molecule has 0 unspecified atom stereocenters. The van der Waals surface area contributed by atoms with Gasteiger partial charge >= 0.3 is 17.6 Å². The van der Waals surface area contributed by atoms with Crippen LogP contribution in [-0.2, 0) is 31.4 Å². The van der Waals surface area contributed by atoms with E-state index >= 15 is 0 Å². The first-order valence-electron chi connectivity index (χ1n) is 7.93. The second-order valence-corrected chi connectivity index (χ2v) is 11.5. The highest BCUT2D eigenvalue weighted by Crippen LogP contribution is 2.18. The fourth-order valence-corrected chi connectivity index (χ4v) is 5.81. The number of hydrogen-bond acceptors (Lipinski definition) is 7. The zero-order valence-electron chi connectivity index (χ0n) is 16.0. The van der Waals surface area contributed by atoms with Crippen LogP contribution in [0.2, 0.25) is 12.1 Å². The standard InChI is InChI=1S/C14H33NO7Si2/c1-15(11-8-9-12-23(17-2,18-3)19-4)14(16)10-13-24(20-5,21-6)22-7/h8-13H2,1-7H3. The summed E-state index contributed by atoms with van der Waals surface area (Å²) in [5, 5.41) is 0. The fraction of sp³-hybridized carbons (Fsp3) is 0.929. The molecule has 10 heteroatoms. The third-order valence-corrected chi connectivity index (χ3v) is 9.72. The van der Waals surface area contributed by atoms with Crippen LogP contribution in [0.5, 0.6) is 0 Å². The van der Waals surface area contributed by atoms with Crippen LogP contribution < -0.4 is 0 Å². The summed E-state index contributed by atoms with van der Waals surface area (Å²) in [5.74, 6) is 0.0479. The Kier molecular flexibility index (Phi) is 11.9. The van der Waals surface area contributed by atoms with Crippen molar-refractivity contribution >= 4 is 23.5 Å². The van der Waals surface area contributed by atoms with Crippen LogP contribution in [0.3, 0.4) is 0 Å². The molecule has 0 aromatic carbocycles. The van der Waals surface area contributed by atoms with E-state index in [2.05, 4.69) is 0 Å². The van der Waals surface area contributed by atoms with Crippen molar-refractivity contribution in [3.05, 3.63) is 0 Å². The second-order valence-electron chi connectivity index (χ2n) is 5.36. The predicted molar refractivity (Wildman–Crippen MR) is 94.7 cm³/mol. The maximum atomic E-state index is 12.2. The lowest BCUT2D eigenvalue weighted by molar-refractivity contribution is -0.129. The predicted octanol–water partition coefficient (Wildman–Crippen LogP) is 1.37. The van der Waals surface area contributed by atoms with E-state index in [1.54, 1.807) is 54.6 Å². The Hall–Kier alpha value is -0.336. The summed E-state index contributed by atoms with van der Waals surface area (Å²) < 4.78 is 32.1. The molecule has 24 heavy (non-hydrogen) atoms. The van der Waals surface area contributed by atoms with Crippen molar-refractivity contribution in [1.29, 1.82) is 0 Å². The van der Waals surface area contributed by atoms with Crippen molar-refractivity contribution in [3.8, 4) is 0 Å². The van der Waals surface area contributed by atoms with Crippen LogP contribution in [0.4, 0.5) is 0 Å². The van der Waals surface area contributed by atoms with Gasteiger partial charge in [0.15, 0.2) is 0 Å². The Morgan fingerprint density at radius 3 is 1.58 bits per heavy atom. The molecular formula is C14H33NO7Si2. The van der Waals surface area contributed by atoms with Gasteiger partial charge in [-0.1, -0.05) is 0 Å². The second kappa shape index (κ2) is 12.1. The molecular weight excluding hydrogens is 350 g/mol. The lowest BCUT2D eigenvalue weighted by Gasteiger charge is -2.26. The summed E-state index contributed by atoms with van der Waals surface area (Å²) in [5.41, 5.74) is 0. The van der Waals surface area contributed by atoms with Gasteiger partial charge in [-0.05, 0) is 12.8 Å². The maximum absolute atomic E-state index is 12.2. The Bertz CT molecular complexity index is 335. The molecule has 0 atom stereocenters. The van der Waals surface area contributed by atoms with E-state index in [4.69, 9.17) is 26.6 Å². The van der Waals surface area contributed by atoms with Crippen LogP contribution in [0.25, 0.3) is 0 Å². The molecule has 8 nitrogen and oxygen atoms in total. The van der Waals surface area contributed by atoms with Crippen molar-refractivity contribution in [1.82, 2.24) is 4.90 Å². The molecule has 0 aromatic rings. The number of rotatable bonds is 14. The minimum absolute atomic E-state index is 0.0479. The molecule has 0 fully saturated rings. The largest absolute Gasteiger partial charge is 0.500 e. The summed E-state index contributed by atoms with van der Waals surface area (Å²) in [6.45, 7) is 0.669. The average molecular weight is 384 g/mol. The molecule has 0 radical (unpaired) electrons. The third kappa shape index (κ3) is 7.27. The zero-order valence-corrected chi connectivity index (χ0v) is 18.0. The average Bonchev–Trinajstić information content (AvgIpc) is 2.63. The van der Waals surface area contributed by atoms with Gasteiger partial charge in [0.05, 0.1) is 0 Å². The van der Waals surface area contributed by atoms with Crippen LogP contribution in [0.15, 0.2) is 0 Å². The van der Waals surface area contributed by atoms with Crippen molar-refractivity contribution in [2.45, 2.75) is 31.4 Å². The molecule has 0 rings (SSSR count). The molecule has 0 bridgehead atoms. The zero-order chi connectivity index (χ0) is 18.6. The molecule has 0 aliphatic heterocycles. The van der Waals surface area contributed by atoms with Gasteiger partial charge in [0.1, 0.15) is 0 Å². The van der Waals surface area contributed by atoms with Gasteiger partial charge in [-0.15, -0.1) is 0 Å². The molecule has 0 N–H and O–H groups in total. The normalized spacial score (nSPS) is 12.5. The monoisotopic (exact) mass is 383 g/mol. The summed E-state index contributed by atoms with van der Waals surface area (Å²) >= 11 is 0. The van der Waals surface area contributed by atoms with E-state index < -0.39 is 17.6 Å². The van der Waals surface area contributed by atoms with Gasteiger partial charge in [-0.2, -0.15) is 0 Å². The van der Waals surface area contributed by atoms with Gasteiger partial charge in [0.2, 0.25) is 5.91 Å². The first kappa shape index (κ1) is 23.7. The van der Waals surface area contributed by atoms with Gasteiger partial charge in [0.25, 0.3) is 0 Å². The third-order valence-electron chi connectivity index (χ3n) is 4.16. The molecule has 0 heterocycles. The molecule has 0 spiro atoms. The summed E-state index contributed by atoms with van der Waals surface area (Å²) in [4.78, 5) is 13.9. The lowest BCUT2D eigenvalue weighted by Crippen LogP contribution is -2.44. The summed E-state index contributed by atoms with van der Waals surface area (Å²) in [6, 6.07) is 1.19. The van der Waals surface area contributed by atoms with Crippen LogP contribution >= 0.6 is 0 Å². The molecule has 0 aliphatic rings. The van der Waals surface area contributed by atoms with E-state index in [0.717, 1.165) is 18.9 Å². The SMILES string of the molecule is CO[Si](CCCCN(C)C(=O)CC[Si](OC)(OC)OC)(OC)OC. The van der Waals surface area contributed by atoms with Crippen LogP contribution in [0.1, 0.15) is 19.3 Å². The summed E-state index contributed by atoms with van der Waals surface area (Å²) in [7, 11) is 6.03. The Morgan fingerprint density at radius 2 is 1.17 bits per heavy atom. The van der Waals surface area contributed by atoms with Crippen molar-refractivity contribution in [2.75, 3.05) is 56.3 Å². The first-order chi connectivity index (χ1) is 11.4. The number of unbranched alkanes of at least 4 members (excludes halogenated alkanes) is 1. The summed E-state index contributed by atoms with van der Waals surface area (Å²) in [6.07, 6.45) is 2.06. The first-order valence-corrected chi connectivity index (χ1v) is 11.8. The van der Waals surface area contributed by atoms with E-state index in [0.29, 0.717) is 19.0 Å². The van der Waals surface area contributed by atoms with E-state index in [1.807, 2.05) is 0 Å². The minimum Gasteiger partial charge on any atom is -0.377 e. The highest BCUT2D eigenvalue weighted by atomic mass is 28.4. The van der Waals surface area contributed by atoms with E-state index in [-0.39, 0.29) is 5.91 Å². The smallest absolute Gasteiger partial charge is 0.377 e. The van der Waals surface area contributed by atoms with Crippen molar-refractivity contribution in [3.63, 3.8) is 0 Å². The number of carbonyl (C=O) groups is 1. The molecule has 144 valence electrons. The van der Waals surface area contributed by atoms with Gasteiger partial charge in [0, 0.05) is 74.8 Å². The Morgan fingerprint density at radius 1 is 0.750 bits per heavy atom. The van der Waals surface area contributed by atoms with Gasteiger partial charge in [-0.25, -0.2) is 0 Å². The van der Waals surface area contributed by atoms with Gasteiger partial charge in [-0.3, -0.25) is 4.79 Å². The molecule has 0 saturated heterocycles. The molecule has 1 amide bonds. The molecule has 0 aromatic heterocycles. The number of amides is 1. The number of carbonyl (C=O) groups excluding carboxylic acids is 1.